The molecule has 0 saturated carbocycles. The molecular weight excluding hydrogens is 270 g/mol. The van der Waals surface area contributed by atoms with Crippen molar-refractivity contribution in [3.63, 3.8) is 0 Å². The molecule has 6 nitrogen and oxygen atoms in total. The van der Waals surface area contributed by atoms with Gasteiger partial charge in [0.1, 0.15) is 0 Å². The van der Waals surface area contributed by atoms with Gasteiger partial charge in [0.25, 0.3) is 5.69 Å². The summed E-state index contributed by atoms with van der Waals surface area (Å²) in [5.41, 5.74) is 1.91. The number of benzene rings is 2. The Hall–Kier alpha value is -3.02. The van der Waals surface area contributed by atoms with Crippen molar-refractivity contribution in [2.24, 2.45) is 0 Å². The van der Waals surface area contributed by atoms with E-state index >= 15 is 0 Å². The number of aromatic nitrogens is 2. The molecule has 0 aliphatic carbocycles. The molecule has 1 heterocycles. The lowest BCUT2D eigenvalue weighted by Gasteiger charge is -2.01. The molecule has 0 atom stereocenters. The van der Waals surface area contributed by atoms with Crippen LogP contribution >= 0.6 is 0 Å². The molecule has 0 fully saturated rings. The Balaban J connectivity index is 2.05. The van der Waals surface area contributed by atoms with E-state index in [2.05, 4.69) is 10.2 Å². The molecule has 0 amide bonds. The van der Waals surface area contributed by atoms with Crippen LogP contribution in [0.4, 0.5) is 5.69 Å². The highest BCUT2D eigenvalue weighted by Crippen LogP contribution is 2.30. The van der Waals surface area contributed by atoms with Crippen molar-refractivity contribution >= 4 is 5.69 Å². The quantitative estimate of drug-likeness (QED) is 0.541. The molecule has 0 saturated heterocycles. The number of nitro groups is 1. The van der Waals surface area contributed by atoms with E-state index in [-0.39, 0.29) is 11.6 Å². The van der Waals surface area contributed by atoms with E-state index in [1.54, 1.807) is 19.1 Å². The van der Waals surface area contributed by atoms with Gasteiger partial charge in [-0.25, -0.2) is 0 Å². The first kappa shape index (κ1) is 13.0. The minimum Gasteiger partial charge on any atom is -0.416 e. The van der Waals surface area contributed by atoms with Crippen molar-refractivity contribution < 1.29 is 9.34 Å². The second-order valence-electron chi connectivity index (χ2n) is 4.49. The van der Waals surface area contributed by atoms with Crippen molar-refractivity contribution in [3.05, 3.63) is 64.2 Å². The van der Waals surface area contributed by atoms with E-state index in [9.17, 15) is 10.1 Å². The molecule has 3 rings (SSSR count). The highest BCUT2D eigenvalue weighted by atomic mass is 16.6. The standard InChI is InChI=1S/C15H11N3O3/c1-10-12(8-5-9-13(10)18(19)20)15-17-16-14(21-15)11-6-3-2-4-7-11/h2-9H,1H3. The smallest absolute Gasteiger partial charge is 0.273 e. The maximum Gasteiger partial charge on any atom is 0.273 e. The van der Waals surface area contributed by atoms with Crippen LogP contribution in [0.5, 0.6) is 0 Å². The molecule has 0 aliphatic rings. The van der Waals surface area contributed by atoms with Crippen LogP contribution in [0.2, 0.25) is 0 Å². The third-order valence-corrected chi connectivity index (χ3v) is 3.18. The summed E-state index contributed by atoms with van der Waals surface area (Å²) in [7, 11) is 0. The van der Waals surface area contributed by atoms with Gasteiger partial charge < -0.3 is 4.42 Å². The van der Waals surface area contributed by atoms with Crippen LogP contribution in [0.15, 0.2) is 52.9 Å². The summed E-state index contributed by atoms with van der Waals surface area (Å²) in [6, 6.07) is 14.1. The SMILES string of the molecule is Cc1c(-c2nnc(-c3ccccc3)o2)cccc1[N+](=O)[O-]. The van der Waals surface area contributed by atoms with Crippen LogP contribution in [-0.4, -0.2) is 15.1 Å². The predicted octanol–water partition coefficient (Wildman–Crippen LogP) is 3.62. The van der Waals surface area contributed by atoms with Gasteiger partial charge in [0, 0.05) is 22.8 Å². The van der Waals surface area contributed by atoms with Crippen LogP contribution in [0.25, 0.3) is 22.9 Å². The number of hydrogen-bond donors (Lipinski definition) is 0. The van der Waals surface area contributed by atoms with Gasteiger partial charge in [-0.2, -0.15) is 0 Å². The van der Waals surface area contributed by atoms with Crippen LogP contribution in [-0.2, 0) is 0 Å². The van der Waals surface area contributed by atoms with Crippen molar-refractivity contribution in [2.75, 3.05) is 0 Å². The first-order valence-corrected chi connectivity index (χ1v) is 6.30. The average molecular weight is 281 g/mol. The summed E-state index contributed by atoms with van der Waals surface area (Å²) in [4.78, 5) is 10.5. The summed E-state index contributed by atoms with van der Waals surface area (Å²) in [6.45, 7) is 1.67. The van der Waals surface area contributed by atoms with E-state index in [1.165, 1.54) is 6.07 Å². The number of nitro benzene ring substituents is 1. The van der Waals surface area contributed by atoms with Crippen molar-refractivity contribution in [3.8, 4) is 22.9 Å². The van der Waals surface area contributed by atoms with E-state index < -0.39 is 4.92 Å². The van der Waals surface area contributed by atoms with Crippen LogP contribution in [0.3, 0.4) is 0 Å². The van der Waals surface area contributed by atoms with Crippen LogP contribution in [0.1, 0.15) is 5.56 Å². The Labute approximate surface area is 120 Å². The second-order valence-corrected chi connectivity index (χ2v) is 4.49. The normalized spacial score (nSPS) is 10.5. The predicted molar refractivity (Wildman–Crippen MR) is 76.6 cm³/mol. The van der Waals surface area contributed by atoms with Crippen LogP contribution in [0, 0.1) is 17.0 Å². The fourth-order valence-electron chi connectivity index (χ4n) is 2.08. The number of hydrogen-bond acceptors (Lipinski definition) is 5. The Bertz CT molecular complexity index is 797. The molecule has 0 bridgehead atoms. The van der Waals surface area contributed by atoms with Gasteiger partial charge in [-0.15, -0.1) is 10.2 Å². The summed E-state index contributed by atoms with van der Waals surface area (Å²) in [5, 5.41) is 18.9. The molecule has 0 unspecified atom stereocenters. The monoisotopic (exact) mass is 281 g/mol. The molecule has 1 aromatic heterocycles. The lowest BCUT2D eigenvalue weighted by Crippen LogP contribution is -1.93. The fourth-order valence-corrected chi connectivity index (χ4v) is 2.08. The van der Waals surface area contributed by atoms with Gasteiger partial charge in [0.2, 0.25) is 11.8 Å². The molecule has 6 heteroatoms. The minimum absolute atomic E-state index is 0.0342. The minimum atomic E-state index is -0.423. The van der Waals surface area contributed by atoms with Gasteiger partial charge in [-0.05, 0) is 25.1 Å². The topological polar surface area (TPSA) is 82.1 Å². The summed E-state index contributed by atoms with van der Waals surface area (Å²) >= 11 is 0. The summed E-state index contributed by atoms with van der Waals surface area (Å²) in [6.07, 6.45) is 0. The summed E-state index contributed by atoms with van der Waals surface area (Å²) in [5.74, 6) is 0.659. The molecule has 0 N–H and O–H groups in total. The fraction of sp³-hybridized carbons (Fsp3) is 0.0667. The maximum atomic E-state index is 11.0. The molecule has 0 spiro atoms. The van der Waals surface area contributed by atoms with E-state index in [0.717, 1.165) is 5.56 Å². The molecule has 104 valence electrons. The van der Waals surface area contributed by atoms with Crippen molar-refractivity contribution in [2.45, 2.75) is 6.92 Å². The average Bonchev–Trinajstić information content (AvgIpc) is 2.98. The molecule has 0 radical (unpaired) electrons. The third-order valence-electron chi connectivity index (χ3n) is 3.18. The zero-order valence-electron chi connectivity index (χ0n) is 11.2. The highest BCUT2D eigenvalue weighted by Gasteiger charge is 2.18. The lowest BCUT2D eigenvalue weighted by molar-refractivity contribution is -0.385. The zero-order valence-corrected chi connectivity index (χ0v) is 11.2. The molecule has 2 aromatic carbocycles. The maximum absolute atomic E-state index is 11.0. The largest absolute Gasteiger partial charge is 0.416 e. The van der Waals surface area contributed by atoms with E-state index in [4.69, 9.17) is 4.42 Å². The van der Waals surface area contributed by atoms with Crippen LogP contribution < -0.4 is 0 Å². The summed E-state index contributed by atoms with van der Waals surface area (Å²) < 4.78 is 5.63. The van der Waals surface area contributed by atoms with Crippen molar-refractivity contribution in [1.29, 1.82) is 0 Å². The first-order valence-electron chi connectivity index (χ1n) is 6.30. The zero-order chi connectivity index (χ0) is 14.8. The highest BCUT2D eigenvalue weighted by molar-refractivity contribution is 5.65. The van der Waals surface area contributed by atoms with Gasteiger partial charge >= 0.3 is 0 Å². The Morgan fingerprint density at radius 2 is 1.71 bits per heavy atom. The lowest BCUT2D eigenvalue weighted by atomic mass is 10.1. The Morgan fingerprint density at radius 1 is 1.00 bits per heavy atom. The van der Waals surface area contributed by atoms with Gasteiger partial charge in [-0.3, -0.25) is 10.1 Å². The van der Waals surface area contributed by atoms with E-state index in [0.29, 0.717) is 17.0 Å². The molecule has 0 aliphatic heterocycles. The molecular formula is C15H11N3O3. The van der Waals surface area contributed by atoms with Gasteiger partial charge in [-0.1, -0.05) is 24.3 Å². The Morgan fingerprint density at radius 3 is 2.43 bits per heavy atom. The third kappa shape index (κ3) is 2.38. The van der Waals surface area contributed by atoms with Gasteiger partial charge in [0.15, 0.2) is 0 Å². The Kier molecular flexibility index (Phi) is 3.19. The van der Waals surface area contributed by atoms with E-state index in [1.807, 2.05) is 30.3 Å². The number of nitrogens with zero attached hydrogens (tertiary/aromatic N) is 3. The number of rotatable bonds is 3. The van der Waals surface area contributed by atoms with Gasteiger partial charge in [0.05, 0.1) is 4.92 Å². The second kappa shape index (κ2) is 5.16. The first-order chi connectivity index (χ1) is 10.2. The van der Waals surface area contributed by atoms with Crippen molar-refractivity contribution in [1.82, 2.24) is 10.2 Å². The molecule has 3 aromatic rings. The molecule has 21 heavy (non-hydrogen) atoms.